The molecule has 0 bridgehead atoms. The maximum Gasteiger partial charge on any atom is 0.256 e. The van der Waals surface area contributed by atoms with Crippen LogP contribution in [0.3, 0.4) is 0 Å². The van der Waals surface area contributed by atoms with Crippen molar-refractivity contribution in [2.75, 3.05) is 5.32 Å². The van der Waals surface area contributed by atoms with Crippen molar-refractivity contribution in [3.05, 3.63) is 81.5 Å². The summed E-state index contributed by atoms with van der Waals surface area (Å²) in [5.74, 6) is 0.282. The number of aromatic nitrogens is 2. The number of halogens is 2. The second-order valence-corrected chi connectivity index (χ2v) is 6.24. The molecular formula is C18H15Cl2N3O. The van der Waals surface area contributed by atoms with Crippen molar-refractivity contribution in [2.45, 2.75) is 13.5 Å². The second kappa shape index (κ2) is 7.07. The van der Waals surface area contributed by atoms with Gasteiger partial charge in [-0.15, -0.1) is 0 Å². The van der Waals surface area contributed by atoms with Gasteiger partial charge in [0.15, 0.2) is 5.82 Å². The third-order valence-electron chi connectivity index (χ3n) is 3.54. The van der Waals surface area contributed by atoms with Gasteiger partial charge in [-0.3, -0.25) is 9.48 Å². The van der Waals surface area contributed by atoms with E-state index in [0.717, 1.165) is 11.1 Å². The molecule has 24 heavy (non-hydrogen) atoms. The molecule has 0 radical (unpaired) electrons. The Bertz CT molecular complexity index is 869. The molecule has 0 saturated heterocycles. The summed E-state index contributed by atoms with van der Waals surface area (Å²) in [6.07, 6.45) is 1.77. The zero-order valence-corrected chi connectivity index (χ0v) is 14.5. The third kappa shape index (κ3) is 3.78. The smallest absolute Gasteiger partial charge is 0.256 e. The normalized spacial score (nSPS) is 10.6. The molecule has 0 spiro atoms. The molecule has 3 aromatic rings. The summed E-state index contributed by atoms with van der Waals surface area (Å²) in [7, 11) is 0. The van der Waals surface area contributed by atoms with E-state index in [1.54, 1.807) is 41.2 Å². The van der Waals surface area contributed by atoms with E-state index >= 15 is 0 Å². The molecule has 2 aromatic carbocycles. The van der Waals surface area contributed by atoms with Gasteiger partial charge in [0, 0.05) is 33.4 Å². The van der Waals surface area contributed by atoms with E-state index in [1.165, 1.54) is 0 Å². The van der Waals surface area contributed by atoms with Crippen LogP contribution in [-0.2, 0) is 6.54 Å². The van der Waals surface area contributed by atoms with Crippen LogP contribution in [0.5, 0.6) is 0 Å². The van der Waals surface area contributed by atoms with Gasteiger partial charge >= 0.3 is 0 Å². The lowest BCUT2D eigenvalue weighted by atomic mass is 10.1. The number of anilines is 1. The quantitative estimate of drug-likeness (QED) is 0.727. The van der Waals surface area contributed by atoms with Gasteiger partial charge in [-0.05, 0) is 31.2 Å². The van der Waals surface area contributed by atoms with E-state index in [-0.39, 0.29) is 5.91 Å². The molecule has 0 fully saturated rings. The first-order valence-electron chi connectivity index (χ1n) is 7.37. The highest BCUT2D eigenvalue weighted by atomic mass is 35.5. The lowest BCUT2D eigenvalue weighted by Crippen LogP contribution is -2.13. The van der Waals surface area contributed by atoms with Crippen LogP contribution in [-0.4, -0.2) is 15.7 Å². The molecule has 0 aliphatic rings. The lowest BCUT2D eigenvalue weighted by Gasteiger charge is -2.07. The van der Waals surface area contributed by atoms with Gasteiger partial charge < -0.3 is 5.32 Å². The van der Waals surface area contributed by atoms with Gasteiger partial charge in [-0.2, -0.15) is 5.10 Å². The molecule has 0 unspecified atom stereocenters. The minimum atomic E-state index is -0.195. The molecule has 1 aromatic heterocycles. The van der Waals surface area contributed by atoms with Crippen molar-refractivity contribution in [3.8, 4) is 0 Å². The maximum absolute atomic E-state index is 12.2. The van der Waals surface area contributed by atoms with Crippen LogP contribution in [0, 0.1) is 6.92 Å². The number of hydrogen-bond acceptors (Lipinski definition) is 2. The van der Waals surface area contributed by atoms with E-state index in [2.05, 4.69) is 10.4 Å². The number of carbonyl (C=O) groups excluding carboxylic acids is 1. The van der Waals surface area contributed by atoms with E-state index in [1.807, 2.05) is 25.1 Å². The Morgan fingerprint density at radius 3 is 2.54 bits per heavy atom. The number of amides is 1. The monoisotopic (exact) mass is 359 g/mol. The Kier molecular flexibility index (Phi) is 4.88. The zero-order chi connectivity index (χ0) is 17.1. The number of nitrogens with zero attached hydrogens (tertiary/aromatic N) is 2. The lowest BCUT2D eigenvalue weighted by molar-refractivity contribution is 0.102. The Morgan fingerprint density at radius 2 is 1.83 bits per heavy atom. The van der Waals surface area contributed by atoms with Gasteiger partial charge in [0.2, 0.25) is 0 Å². The molecule has 1 amide bonds. The molecular weight excluding hydrogens is 345 g/mol. The van der Waals surface area contributed by atoms with Crippen LogP contribution in [0.2, 0.25) is 10.0 Å². The molecule has 4 nitrogen and oxygen atoms in total. The first-order valence-corrected chi connectivity index (χ1v) is 8.13. The first-order chi connectivity index (χ1) is 11.5. The maximum atomic E-state index is 12.2. The molecule has 0 aliphatic carbocycles. The zero-order valence-electron chi connectivity index (χ0n) is 13.0. The number of carbonyl (C=O) groups is 1. The third-order valence-corrected chi connectivity index (χ3v) is 4.25. The van der Waals surface area contributed by atoms with E-state index in [9.17, 15) is 4.79 Å². The molecule has 0 atom stereocenters. The van der Waals surface area contributed by atoms with Crippen molar-refractivity contribution in [1.29, 1.82) is 0 Å². The summed E-state index contributed by atoms with van der Waals surface area (Å²) in [5.41, 5.74) is 2.42. The molecule has 0 aliphatic heterocycles. The van der Waals surface area contributed by atoms with Crippen molar-refractivity contribution in [3.63, 3.8) is 0 Å². The summed E-state index contributed by atoms with van der Waals surface area (Å²) in [6.45, 7) is 2.37. The van der Waals surface area contributed by atoms with Crippen LogP contribution in [0.4, 0.5) is 5.82 Å². The van der Waals surface area contributed by atoms with Crippen LogP contribution in [0.15, 0.2) is 54.7 Å². The van der Waals surface area contributed by atoms with E-state index in [0.29, 0.717) is 28.0 Å². The molecule has 6 heteroatoms. The number of rotatable bonds is 4. The van der Waals surface area contributed by atoms with E-state index in [4.69, 9.17) is 23.2 Å². The molecule has 1 N–H and O–H groups in total. The number of nitrogens with one attached hydrogen (secondary N) is 1. The van der Waals surface area contributed by atoms with Gasteiger partial charge in [-0.25, -0.2) is 0 Å². The predicted molar refractivity (Wildman–Crippen MR) is 96.9 cm³/mol. The average molecular weight is 360 g/mol. The highest BCUT2D eigenvalue weighted by Gasteiger charge is 2.10. The van der Waals surface area contributed by atoms with Crippen LogP contribution >= 0.6 is 23.2 Å². The largest absolute Gasteiger partial charge is 0.305 e. The highest BCUT2D eigenvalue weighted by molar-refractivity contribution is 6.35. The van der Waals surface area contributed by atoms with Crippen molar-refractivity contribution in [2.24, 2.45) is 0 Å². The number of hydrogen-bond donors (Lipinski definition) is 1. The van der Waals surface area contributed by atoms with Gasteiger partial charge in [0.05, 0.1) is 6.54 Å². The fraction of sp³-hybridized carbons (Fsp3) is 0.111. The fourth-order valence-corrected chi connectivity index (χ4v) is 2.85. The fourth-order valence-electron chi connectivity index (χ4n) is 2.34. The van der Waals surface area contributed by atoms with Gasteiger partial charge in [-0.1, -0.05) is 47.0 Å². The first kappa shape index (κ1) is 16.6. The Labute approximate surface area is 150 Å². The summed E-state index contributed by atoms with van der Waals surface area (Å²) < 4.78 is 1.68. The Balaban J connectivity index is 1.73. The minimum absolute atomic E-state index is 0.195. The van der Waals surface area contributed by atoms with Gasteiger partial charge in [0.25, 0.3) is 5.91 Å². The summed E-state index contributed by atoms with van der Waals surface area (Å²) in [4.78, 5) is 12.2. The topological polar surface area (TPSA) is 46.9 Å². The van der Waals surface area contributed by atoms with Crippen molar-refractivity contribution < 1.29 is 4.79 Å². The standard InChI is InChI=1S/C18H15Cl2N3O/c1-12-4-2-5-13(10-12)18(24)21-17-8-9-23(22-17)11-14-15(19)6-3-7-16(14)20/h2-10H,11H2,1H3,(H,21,22,24). The second-order valence-electron chi connectivity index (χ2n) is 5.42. The average Bonchev–Trinajstić information content (AvgIpc) is 2.98. The minimum Gasteiger partial charge on any atom is -0.305 e. The highest BCUT2D eigenvalue weighted by Crippen LogP contribution is 2.25. The van der Waals surface area contributed by atoms with Crippen LogP contribution < -0.4 is 5.32 Å². The SMILES string of the molecule is Cc1cccc(C(=O)Nc2ccn(Cc3c(Cl)cccc3Cl)n2)c1. The summed E-state index contributed by atoms with van der Waals surface area (Å²) in [6, 6.07) is 14.5. The summed E-state index contributed by atoms with van der Waals surface area (Å²) >= 11 is 12.3. The van der Waals surface area contributed by atoms with Crippen LogP contribution in [0.1, 0.15) is 21.5 Å². The van der Waals surface area contributed by atoms with Gasteiger partial charge in [0.1, 0.15) is 0 Å². The summed E-state index contributed by atoms with van der Waals surface area (Å²) in [5, 5.41) is 8.30. The van der Waals surface area contributed by atoms with Crippen molar-refractivity contribution >= 4 is 34.9 Å². The number of benzene rings is 2. The molecule has 3 rings (SSSR count). The number of aryl methyl sites for hydroxylation is 1. The molecule has 0 saturated carbocycles. The molecule has 1 heterocycles. The Morgan fingerprint density at radius 1 is 1.12 bits per heavy atom. The van der Waals surface area contributed by atoms with Crippen LogP contribution in [0.25, 0.3) is 0 Å². The van der Waals surface area contributed by atoms with E-state index < -0.39 is 0 Å². The predicted octanol–water partition coefficient (Wildman–Crippen LogP) is 4.80. The van der Waals surface area contributed by atoms with Crippen molar-refractivity contribution in [1.82, 2.24) is 9.78 Å². The molecule has 122 valence electrons. The Hall–Kier alpha value is -2.30.